The predicted octanol–water partition coefficient (Wildman–Crippen LogP) is 1.01. The minimum Gasteiger partial charge on any atom is -0.377 e. The molecular formula is C13H24N2O2. The molecule has 0 saturated carbocycles. The zero-order chi connectivity index (χ0) is 12.3. The standard InChI is InChI=1S/C13H24N2O2/c1-3-11-9-17-8-7-15(11)13(16)12-5-4-6-14-10(12)2/h10-12,14H,3-9H2,1-2H3. The molecule has 0 aliphatic carbocycles. The Morgan fingerprint density at radius 1 is 1.53 bits per heavy atom. The molecule has 3 unspecified atom stereocenters. The topological polar surface area (TPSA) is 41.6 Å². The second kappa shape index (κ2) is 5.83. The Bertz CT molecular complexity index is 270. The number of morpholine rings is 1. The van der Waals surface area contributed by atoms with Crippen molar-refractivity contribution in [2.24, 2.45) is 5.92 Å². The first-order valence-electron chi connectivity index (χ1n) is 6.85. The van der Waals surface area contributed by atoms with Crippen molar-refractivity contribution in [2.45, 2.75) is 45.2 Å². The first-order chi connectivity index (χ1) is 8.24. The summed E-state index contributed by atoms with van der Waals surface area (Å²) < 4.78 is 5.46. The van der Waals surface area contributed by atoms with E-state index < -0.39 is 0 Å². The van der Waals surface area contributed by atoms with E-state index in [1.54, 1.807) is 0 Å². The number of nitrogens with one attached hydrogen (secondary N) is 1. The van der Waals surface area contributed by atoms with Crippen LogP contribution in [0.5, 0.6) is 0 Å². The summed E-state index contributed by atoms with van der Waals surface area (Å²) in [6, 6.07) is 0.599. The Kier molecular flexibility index (Phi) is 4.40. The zero-order valence-corrected chi connectivity index (χ0v) is 10.9. The highest BCUT2D eigenvalue weighted by molar-refractivity contribution is 5.80. The molecule has 1 N–H and O–H groups in total. The van der Waals surface area contributed by atoms with Gasteiger partial charge in [0.15, 0.2) is 0 Å². The van der Waals surface area contributed by atoms with Crippen molar-refractivity contribution in [1.82, 2.24) is 10.2 Å². The van der Waals surface area contributed by atoms with Crippen molar-refractivity contribution < 1.29 is 9.53 Å². The summed E-state index contributed by atoms with van der Waals surface area (Å²) >= 11 is 0. The maximum Gasteiger partial charge on any atom is 0.227 e. The molecule has 2 fully saturated rings. The van der Waals surface area contributed by atoms with Gasteiger partial charge in [0.1, 0.15) is 0 Å². The van der Waals surface area contributed by atoms with E-state index in [0.29, 0.717) is 25.2 Å². The van der Waals surface area contributed by atoms with E-state index in [1.807, 2.05) is 0 Å². The zero-order valence-electron chi connectivity index (χ0n) is 10.9. The van der Waals surface area contributed by atoms with Gasteiger partial charge in [0, 0.05) is 12.6 Å². The summed E-state index contributed by atoms with van der Waals surface area (Å²) in [6.07, 6.45) is 3.13. The summed E-state index contributed by atoms with van der Waals surface area (Å²) in [4.78, 5) is 14.6. The maximum absolute atomic E-state index is 12.6. The summed E-state index contributed by atoms with van der Waals surface area (Å²) in [7, 11) is 0. The van der Waals surface area contributed by atoms with Crippen molar-refractivity contribution in [3.05, 3.63) is 0 Å². The van der Waals surface area contributed by atoms with E-state index in [1.165, 1.54) is 0 Å². The van der Waals surface area contributed by atoms with Gasteiger partial charge in [0.25, 0.3) is 0 Å². The average molecular weight is 240 g/mol. The number of amides is 1. The first-order valence-corrected chi connectivity index (χ1v) is 6.85. The maximum atomic E-state index is 12.6. The van der Waals surface area contributed by atoms with E-state index in [0.717, 1.165) is 32.4 Å². The monoisotopic (exact) mass is 240 g/mol. The Hall–Kier alpha value is -0.610. The largest absolute Gasteiger partial charge is 0.377 e. The molecule has 2 rings (SSSR count). The van der Waals surface area contributed by atoms with Crippen LogP contribution in [0.15, 0.2) is 0 Å². The Morgan fingerprint density at radius 2 is 2.35 bits per heavy atom. The molecule has 0 spiro atoms. The van der Waals surface area contributed by atoms with Crippen LogP contribution < -0.4 is 5.32 Å². The molecule has 1 amide bonds. The van der Waals surface area contributed by atoms with E-state index >= 15 is 0 Å². The lowest BCUT2D eigenvalue weighted by atomic mass is 9.90. The second-order valence-electron chi connectivity index (χ2n) is 5.16. The third-order valence-corrected chi connectivity index (χ3v) is 4.06. The average Bonchev–Trinajstić information content (AvgIpc) is 2.38. The SMILES string of the molecule is CCC1COCCN1C(=O)C1CCCNC1C. The Labute approximate surface area is 104 Å². The second-order valence-corrected chi connectivity index (χ2v) is 5.16. The molecule has 3 atom stereocenters. The van der Waals surface area contributed by atoms with Crippen LogP contribution in [-0.2, 0) is 9.53 Å². The van der Waals surface area contributed by atoms with E-state index in [4.69, 9.17) is 4.74 Å². The Balaban J connectivity index is 2.01. The van der Waals surface area contributed by atoms with Gasteiger partial charge < -0.3 is 15.0 Å². The normalized spacial score (nSPS) is 34.7. The molecule has 0 bridgehead atoms. The molecule has 4 nitrogen and oxygen atoms in total. The van der Waals surface area contributed by atoms with E-state index in [-0.39, 0.29) is 12.0 Å². The number of nitrogens with zero attached hydrogens (tertiary/aromatic N) is 1. The summed E-state index contributed by atoms with van der Waals surface area (Å²) in [5.74, 6) is 0.496. The number of hydrogen-bond donors (Lipinski definition) is 1. The van der Waals surface area contributed by atoms with Gasteiger partial charge in [-0.25, -0.2) is 0 Å². The number of rotatable bonds is 2. The number of hydrogen-bond acceptors (Lipinski definition) is 3. The van der Waals surface area contributed by atoms with Gasteiger partial charge in [-0.3, -0.25) is 4.79 Å². The summed E-state index contributed by atoms with van der Waals surface area (Å²) in [6.45, 7) is 7.46. The molecule has 0 aromatic rings. The highest BCUT2D eigenvalue weighted by Crippen LogP contribution is 2.22. The molecule has 2 heterocycles. The molecule has 2 saturated heterocycles. The molecule has 98 valence electrons. The van der Waals surface area contributed by atoms with Crippen LogP contribution >= 0.6 is 0 Å². The predicted molar refractivity (Wildman–Crippen MR) is 66.8 cm³/mol. The lowest BCUT2D eigenvalue weighted by Crippen LogP contribution is -2.54. The molecule has 4 heteroatoms. The third-order valence-electron chi connectivity index (χ3n) is 4.06. The lowest BCUT2D eigenvalue weighted by molar-refractivity contribution is -0.146. The van der Waals surface area contributed by atoms with E-state index in [9.17, 15) is 4.79 Å². The van der Waals surface area contributed by atoms with Crippen LogP contribution in [-0.4, -0.2) is 49.2 Å². The van der Waals surface area contributed by atoms with Crippen molar-refractivity contribution in [1.29, 1.82) is 0 Å². The van der Waals surface area contributed by atoms with Crippen molar-refractivity contribution in [3.8, 4) is 0 Å². The minimum absolute atomic E-state index is 0.163. The molecule has 0 aromatic heterocycles. The van der Waals surface area contributed by atoms with Gasteiger partial charge in [-0.15, -0.1) is 0 Å². The minimum atomic E-state index is 0.163. The van der Waals surface area contributed by atoms with Gasteiger partial charge in [-0.1, -0.05) is 6.92 Å². The fourth-order valence-electron chi connectivity index (χ4n) is 2.88. The Morgan fingerprint density at radius 3 is 3.06 bits per heavy atom. The third kappa shape index (κ3) is 2.80. The number of piperidine rings is 1. The number of ether oxygens (including phenoxy) is 1. The van der Waals surface area contributed by atoms with E-state index in [2.05, 4.69) is 24.1 Å². The van der Waals surface area contributed by atoms with Gasteiger partial charge in [-0.05, 0) is 32.7 Å². The molecule has 0 radical (unpaired) electrons. The number of carbonyl (C=O) groups is 1. The molecule has 0 aromatic carbocycles. The van der Waals surface area contributed by atoms with Crippen LogP contribution in [0.25, 0.3) is 0 Å². The summed E-state index contributed by atoms with van der Waals surface area (Å²) in [5, 5.41) is 3.41. The van der Waals surface area contributed by atoms with Crippen LogP contribution in [0, 0.1) is 5.92 Å². The number of carbonyl (C=O) groups excluding carboxylic acids is 1. The lowest BCUT2D eigenvalue weighted by Gasteiger charge is -2.40. The molecule has 2 aliphatic heterocycles. The van der Waals surface area contributed by atoms with Gasteiger partial charge >= 0.3 is 0 Å². The van der Waals surface area contributed by atoms with Crippen LogP contribution in [0.1, 0.15) is 33.1 Å². The quantitative estimate of drug-likeness (QED) is 0.783. The fourth-order valence-corrected chi connectivity index (χ4v) is 2.88. The highest BCUT2D eigenvalue weighted by Gasteiger charge is 2.34. The molecular weight excluding hydrogens is 216 g/mol. The van der Waals surface area contributed by atoms with Crippen molar-refractivity contribution in [3.63, 3.8) is 0 Å². The smallest absolute Gasteiger partial charge is 0.227 e. The van der Waals surface area contributed by atoms with Crippen LogP contribution in [0.3, 0.4) is 0 Å². The molecule has 17 heavy (non-hydrogen) atoms. The highest BCUT2D eigenvalue weighted by atomic mass is 16.5. The first kappa shape index (κ1) is 12.8. The van der Waals surface area contributed by atoms with Gasteiger partial charge in [0.2, 0.25) is 5.91 Å². The fraction of sp³-hybridized carbons (Fsp3) is 0.923. The van der Waals surface area contributed by atoms with Gasteiger partial charge in [-0.2, -0.15) is 0 Å². The van der Waals surface area contributed by atoms with Crippen molar-refractivity contribution in [2.75, 3.05) is 26.3 Å². The summed E-state index contributed by atoms with van der Waals surface area (Å²) in [5.41, 5.74) is 0. The van der Waals surface area contributed by atoms with Crippen LogP contribution in [0.4, 0.5) is 0 Å². The van der Waals surface area contributed by atoms with Crippen molar-refractivity contribution >= 4 is 5.91 Å². The van der Waals surface area contributed by atoms with Gasteiger partial charge in [0.05, 0.1) is 25.2 Å². The molecule has 2 aliphatic rings. The van der Waals surface area contributed by atoms with Crippen LogP contribution in [0.2, 0.25) is 0 Å².